The molecule has 0 unspecified atom stereocenters. The Hall–Kier alpha value is -2.24. The number of ketones is 1. The summed E-state index contributed by atoms with van der Waals surface area (Å²) in [5, 5.41) is 17.2. The molecule has 0 atom stereocenters. The third kappa shape index (κ3) is 4.42. The fourth-order valence-electron chi connectivity index (χ4n) is 1.12. The molecular formula is C11H13N3O3. The molecule has 17 heavy (non-hydrogen) atoms. The molecule has 0 aliphatic carbocycles. The number of carbonyl (C=O) groups is 2. The molecule has 1 aromatic rings. The predicted molar refractivity (Wildman–Crippen MR) is 61.2 cm³/mol. The second-order valence-corrected chi connectivity index (χ2v) is 3.50. The van der Waals surface area contributed by atoms with Crippen LogP contribution in [0.5, 0.6) is 0 Å². The first-order valence-electron chi connectivity index (χ1n) is 4.94. The average molecular weight is 235 g/mol. The number of hydrogen-bond acceptors (Lipinski definition) is 4. The van der Waals surface area contributed by atoms with E-state index in [4.69, 9.17) is 5.11 Å². The lowest BCUT2D eigenvalue weighted by Gasteiger charge is -2.06. The highest BCUT2D eigenvalue weighted by atomic mass is 16.4. The number of nitrogens with zero attached hydrogens (tertiary/aromatic N) is 3. The van der Waals surface area contributed by atoms with Gasteiger partial charge in [0.2, 0.25) is 0 Å². The molecule has 0 aliphatic heterocycles. The lowest BCUT2D eigenvalue weighted by atomic mass is 10.1. The Morgan fingerprint density at radius 3 is 2.35 bits per heavy atom. The summed E-state index contributed by atoms with van der Waals surface area (Å²) in [5.41, 5.74) is 1.16. The molecule has 0 saturated heterocycles. The van der Waals surface area contributed by atoms with E-state index in [0.29, 0.717) is 11.3 Å². The van der Waals surface area contributed by atoms with Gasteiger partial charge in [-0.2, -0.15) is 0 Å². The number of carbonyl (C=O) groups excluding carboxylic acids is 1. The van der Waals surface area contributed by atoms with Gasteiger partial charge in [-0.3, -0.25) is 14.6 Å². The Bertz CT molecular complexity index is 440. The number of Topliss-reactive ketones (excluding diaryl/α,β-unsaturated/α-hetero) is 1. The SMILES string of the molecule is CC(=O)c1ccc(/N=N/N(C)CC(=O)O)cc1. The van der Waals surface area contributed by atoms with Crippen molar-refractivity contribution in [2.45, 2.75) is 6.92 Å². The summed E-state index contributed by atoms with van der Waals surface area (Å²) in [4.78, 5) is 21.4. The van der Waals surface area contributed by atoms with Gasteiger partial charge in [-0.1, -0.05) is 5.22 Å². The van der Waals surface area contributed by atoms with E-state index in [9.17, 15) is 9.59 Å². The average Bonchev–Trinajstić information content (AvgIpc) is 2.26. The summed E-state index contributed by atoms with van der Waals surface area (Å²) < 4.78 is 0. The maximum absolute atomic E-state index is 11.0. The van der Waals surface area contributed by atoms with Crippen molar-refractivity contribution in [2.75, 3.05) is 13.6 Å². The molecular weight excluding hydrogens is 222 g/mol. The Kier molecular flexibility index (Phi) is 4.33. The first-order valence-corrected chi connectivity index (χ1v) is 4.94. The number of rotatable bonds is 5. The Labute approximate surface area is 98.6 Å². The van der Waals surface area contributed by atoms with Gasteiger partial charge in [0.05, 0.1) is 5.69 Å². The topological polar surface area (TPSA) is 82.3 Å². The highest BCUT2D eigenvalue weighted by Gasteiger charge is 2.01. The molecule has 0 aromatic heterocycles. The molecule has 0 radical (unpaired) electrons. The highest BCUT2D eigenvalue weighted by molar-refractivity contribution is 5.94. The fraction of sp³-hybridized carbons (Fsp3) is 0.273. The summed E-state index contributed by atoms with van der Waals surface area (Å²) in [6.07, 6.45) is 0. The van der Waals surface area contributed by atoms with Crippen LogP contribution in [0.4, 0.5) is 5.69 Å². The summed E-state index contributed by atoms with van der Waals surface area (Å²) in [7, 11) is 1.52. The van der Waals surface area contributed by atoms with Crippen molar-refractivity contribution in [3.63, 3.8) is 0 Å². The molecule has 0 fully saturated rings. The summed E-state index contributed by atoms with van der Waals surface area (Å²) in [6.45, 7) is 1.27. The van der Waals surface area contributed by atoms with Gasteiger partial charge in [-0.15, -0.1) is 5.11 Å². The second kappa shape index (κ2) is 5.74. The van der Waals surface area contributed by atoms with Gasteiger partial charge in [0.15, 0.2) is 5.78 Å². The molecule has 6 heteroatoms. The highest BCUT2D eigenvalue weighted by Crippen LogP contribution is 2.14. The van der Waals surface area contributed by atoms with E-state index in [1.54, 1.807) is 24.3 Å². The van der Waals surface area contributed by atoms with Gasteiger partial charge in [-0.25, -0.2) is 0 Å². The van der Waals surface area contributed by atoms with Crippen LogP contribution in [0.1, 0.15) is 17.3 Å². The molecule has 90 valence electrons. The third-order valence-electron chi connectivity index (χ3n) is 1.95. The minimum atomic E-state index is -0.974. The van der Waals surface area contributed by atoms with Crippen molar-refractivity contribution in [2.24, 2.45) is 10.3 Å². The van der Waals surface area contributed by atoms with E-state index >= 15 is 0 Å². The van der Waals surface area contributed by atoms with E-state index in [1.165, 1.54) is 19.0 Å². The van der Waals surface area contributed by atoms with E-state index in [-0.39, 0.29) is 12.3 Å². The number of carboxylic acid groups (broad SMARTS) is 1. The van der Waals surface area contributed by atoms with E-state index < -0.39 is 5.97 Å². The standard InChI is InChI=1S/C11H13N3O3/c1-8(15)9-3-5-10(6-4-9)12-13-14(2)7-11(16)17/h3-6H,7H2,1-2H3,(H,16,17)/b13-12+. The lowest BCUT2D eigenvalue weighted by molar-refractivity contribution is -0.138. The van der Waals surface area contributed by atoms with Crippen LogP contribution in [0.3, 0.4) is 0 Å². The first kappa shape index (κ1) is 12.8. The zero-order valence-electron chi connectivity index (χ0n) is 9.62. The van der Waals surface area contributed by atoms with Crippen molar-refractivity contribution >= 4 is 17.4 Å². The summed E-state index contributed by atoms with van der Waals surface area (Å²) >= 11 is 0. The molecule has 0 bridgehead atoms. The van der Waals surface area contributed by atoms with Crippen LogP contribution in [-0.4, -0.2) is 35.5 Å². The molecule has 0 spiro atoms. The van der Waals surface area contributed by atoms with Crippen LogP contribution >= 0.6 is 0 Å². The Balaban J connectivity index is 2.65. The molecule has 6 nitrogen and oxygen atoms in total. The van der Waals surface area contributed by atoms with Gasteiger partial charge >= 0.3 is 5.97 Å². The smallest absolute Gasteiger partial charge is 0.324 e. The molecule has 0 aliphatic rings. The van der Waals surface area contributed by atoms with Crippen LogP contribution in [0.25, 0.3) is 0 Å². The van der Waals surface area contributed by atoms with Crippen molar-refractivity contribution in [3.05, 3.63) is 29.8 Å². The summed E-state index contributed by atoms with van der Waals surface area (Å²) in [5.74, 6) is -0.991. The first-order chi connectivity index (χ1) is 7.99. The maximum Gasteiger partial charge on any atom is 0.324 e. The molecule has 0 heterocycles. The van der Waals surface area contributed by atoms with Crippen LogP contribution < -0.4 is 0 Å². The zero-order valence-corrected chi connectivity index (χ0v) is 9.62. The van der Waals surface area contributed by atoms with E-state index in [1.807, 2.05) is 0 Å². The van der Waals surface area contributed by atoms with Crippen LogP contribution in [0.15, 0.2) is 34.6 Å². The van der Waals surface area contributed by atoms with E-state index in [0.717, 1.165) is 0 Å². The maximum atomic E-state index is 11.0. The Morgan fingerprint density at radius 2 is 1.88 bits per heavy atom. The van der Waals surface area contributed by atoms with Crippen LogP contribution in [0, 0.1) is 0 Å². The molecule has 1 aromatic carbocycles. The van der Waals surface area contributed by atoms with Gasteiger partial charge in [0, 0.05) is 12.6 Å². The number of likely N-dealkylation sites (N-methyl/N-ethyl adjacent to an activating group) is 1. The number of carboxylic acids is 1. The van der Waals surface area contributed by atoms with Crippen molar-refractivity contribution in [1.82, 2.24) is 5.01 Å². The van der Waals surface area contributed by atoms with Crippen molar-refractivity contribution < 1.29 is 14.7 Å². The second-order valence-electron chi connectivity index (χ2n) is 3.50. The van der Waals surface area contributed by atoms with Gasteiger partial charge in [-0.05, 0) is 31.2 Å². The summed E-state index contributed by atoms with van der Waals surface area (Å²) in [6, 6.07) is 6.59. The van der Waals surface area contributed by atoms with Crippen LogP contribution in [-0.2, 0) is 4.79 Å². The third-order valence-corrected chi connectivity index (χ3v) is 1.95. The van der Waals surface area contributed by atoms with Crippen molar-refractivity contribution in [1.29, 1.82) is 0 Å². The molecule has 1 N–H and O–H groups in total. The largest absolute Gasteiger partial charge is 0.480 e. The zero-order chi connectivity index (χ0) is 12.8. The molecule has 0 saturated carbocycles. The van der Waals surface area contributed by atoms with E-state index in [2.05, 4.69) is 10.3 Å². The normalized spacial score (nSPS) is 10.5. The quantitative estimate of drug-likeness (QED) is 0.480. The molecule has 0 amide bonds. The van der Waals surface area contributed by atoms with Gasteiger partial charge < -0.3 is 5.11 Å². The number of hydrogen-bond donors (Lipinski definition) is 1. The van der Waals surface area contributed by atoms with Crippen LogP contribution in [0.2, 0.25) is 0 Å². The fourth-order valence-corrected chi connectivity index (χ4v) is 1.12. The Morgan fingerprint density at radius 1 is 1.29 bits per heavy atom. The predicted octanol–water partition coefficient (Wildman–Crippen LogP) is 1.90. The minimum Gasteiger partial charge on any atom is -0.480 e. The number of benzene rings is 1. The van der Waals surface area contributed by atoms with Crippen molar-refractivity contribution in [3.8, 4) is 0 Å². The monoisotopic (exact) mass is 235 g/mol. The van der Waals surface area contributed by atoms with Gasteiger partial charge in [0.25, 0.3) is 0 Å². The minimum absolute atomic E-state index is 0.0171. The lowest BCUT2D eigenvalue weighted by Crippen LogP contribution is -2.19. The van der Waals surface area contributed by atoms with Gasteiger partial charge in [0.1, 0.15) is 6.54 Å². The number of aliphatic carboxylic acids is 1. The molecule has 1 rings (SSSR count).